The number of benzene rings is 1. The lowest BCUT2D eigenvalue weighted by Crippen LogP contribution is -1.96. The van der Waals surface area contributed by atoms with Gasteiger partial charge < -0.3 is 9.26 Å². The Balaban J connectivity index is 1.91. The first-order valence-electron chi connectivity index (χ1n) is 7.11. The van der Waals surface area contributed by atoms with Crippen LogP contribution in [-0.2, 0) is 0 Å². The van der Waals surface area contributed by atoms with Gasteiger partial charge in [-0.25, -0.2) is 0 Å². The SMILES string of the molecule is C#CCOc1cc(-c2nc(-c3ccc(C)nc3)no2)ccc1C. The molecule has 0 atom stereocenters. The standard InChI is InChI=1S/C18H15N3O2/c1-4-9-22-16-10-14(7-5-12(16)2)18-20-17(21-23-18)15-8-6-13(3)19-11-15/h1,5-8,10-11H,9H2,2-3H3. The fourth-order valence-corrected chi connectivity index (χ4v) is 2.07. The van der Waals surface area contributed by atoms with Crippen LogP contribution in [0.2, 0.25) is 0 Å². The van der Waals surface area contributed by atoms with Gasteiger partial charge in [0.05, 0.1) is 0 Å². The number of pyridine rings is 1. The van der Waals surface area contributed by atoms with Crippen molar-refractivity contribution in [3.63, 3.8) is 0 Å². The van der Waals surface area contributed by atoms with E-state index in [0.29, 0.717) is 17.5 Å². The van der Waals surface area contributed by atoms with Gasteiger partial charge in [-0.1, -0.05) is 17.1 Å². The fraction of sp³-hybridized carbons (Fsp3) is 0.167. The lowest BCUT2D eigenvalue weighted by molar-refractivity contribution is 0.367. The molecule has 23 heavy (non-hydrogen) atoms. The molecule has 2 heterocycles. The summed E-state index contributed by atoms with van der Waals surface area (Å²) in [5.74, 6) is 4.08. The van der Waals surface area contributed by atoms with Gasteiger partial charge in [0, 0.05) is 23.0 Å². The Morgan fingerprint density at radius 3 is 2.74 bits per heavy atom. The average Bonchev–Trinajstić information content (AvgIpc) is 3.05. The second-order valence-corrected chi connectivity index (χ2v) is 5.08. The molecule has 3 aromatic rings. The normalized spacial score (nSPS) is 10.3. The minimum absolute atomic E-state index is 0.217. The summed E-state index contributed by atoms with van der Waals surface area (Å²) in [6.45, 7) is 4.09. The lowest BCUT2D eigenvalue weighted by atomic mass is 10.1. The maximum absolute atomic E-state index is 5.52. The van der Waals surface area contributed by atoms with Gasteiger partial charge in [-0.15, -0.1) is 6.42 Å². The molecule has 2 aromatic heterocycles. The van der Waals surface area contributed by atoms with Crippen LogP contribution in [-0.4, -0.2) is 21.7 Å². The van der Waals surface area contributed by atoms with E-state index < -0.39 is 0 Å². The lowest BCUT2D eigenvalue weighted by Gasteiger charge is -2.06. The third kappa shape index (κ3) is 3.22. The monoisotopic (exact) mass is 305 g/mol. The molecule has 0 aliphatic carbocycles. The van der Waals surface area contributed by atoms with E-state index >= 15 is 0 Å². The number of hydrogen-bond acceptors (Lipinski definition) is 5. The molecule has 3 rings (SSSR count). The van der Waals surface area contributed by atoms with Gasteiger partial charge in [-0.05, 0) is 43.7 Å². The van der Waals surface area contributed by atoms with Gasteiger partial charge in [0.15, 0.2) is 0 Å². The maximum Gasteiger partial charge on any atom is 0.258 e. The van der Waals surface area contributed by atoms with Crippen molar-refractivity contribution >= 4 is 0 Å². The molecule has 5 nitrogen and oxygen atoms in total. The third-order valence-corrected chi connectivity index (χ3v) is 3.34. The van der Waals surface area contributed by atoms with Gasteiger partial charge in [0.1, 0.15) is 12.4 Å². The summed E-state index contributed by atoms with van der Waals surface area (Å²) < 4.78 is 10.9. The molecule has 0 amide bonds. The summed E-state index contributed by atoms with van der Waals surface area (Å²) in [5.41, 5.74) is 3.51. The highest BCUT2D eigenvalue weighted by Gasteiger charge is 2.12. The topological polar surface area (TPSA) is 61.0 Å². The van der Waals surface area contributed by atoms with E-state index in [-0.39, 0.29) is 6.61 Å². The van der Waals surface area contributed by atoms with Crippen molar-refractivity contribution in [1.29, 1.82) is 0 Å². The number of aryl methyl sites for hydroxylation is 2. The van der Waals surface area contributed by atoms with Crippen LogP contribution in [0.4, 0.5) is 0 Å². The smallest absolute Gasteiger partial charge is 0.258 e. The molecular weight excluding hydrogens is 290 g/mol. The van der Waals surface area contributed by atoms with Crippen LogP contribution in [0.5, 0.6) is 5.75 Å². The van der Waals surface area contributed by atoms with E-state index in [1.807, 2.05) is 44.2 Å². The quantitative estimate of drug-likeness (QED) is 0.691. The Morgan fingerprint density at radius 2 is 2.00 bits per heavy atom. The molecule has 0 radical (unpaired) electrons. The zero-order valence-corrected chi connectivity index (χ0v) is 12.9. The van der Waals surface area contributed by atoms with Crippen molar-refractivity contribution in [3.05, 3.63) is 47.8 Å². The minimum atomic E-state index is 0.217. The van der Waals surface area contributed by atoms with Crippen LogP contribution >= 0.6 is 0 Å². The van der Waals surface area contributed by atoms with Crippen LogP contribution in [0.25, 0.3) is 22.8 Å². The number of terminal acetylenes is 1. The van der Waals surface area contributed by atoms with Crippen molar-refractivity contribution in [3.8, 4) is 40.9 Å². The molecule has 0 bridgehead atoms. The third-order valence-electron chi connectivity index (χ3n) is 3.34. The number of hydrogen-bond donors (Lipinski definition) is 0. The van der Waals surface area contributed by atoms with E-state index in [0.717, 1.165) is 22.4 Å². The van der Waals surface area contributed by atoms with E-state index in [9.17, 15) is 0 Å². The second kappa shape index (κ2) is 6.32. The largest absolute Gasteiger partial charge is 0.481 e. The fourth-order valence-electron chi connectivity index (χ4n) is 2.07. The summed E-state index contributed by atoms with van der Waals surface area (Å²) in [6.07, 6.45) is 6.95. The van der Waals surface area contributed by atoms with Crippen LogP contribution in [0, 0.1) is 26.2 Å². The van der Waals surface area contributed by atoms with Gasteiger partial charge in [-0.2, -0.15) is 4.98 Å². The highest BCUT2D eigenvalue weighted by Crippen LogP contribution is 2.27. The van der Waals surface area contributed by atoms with Crippen molar-refractivity contribution in [2.24, 2.45) is 0 Å². The Morgan fingerprint density at radius 1 is 1.17 bits per heavy atom. The summed E-state index contributed by atoms with van der Waals surface area (Å²) in [4.78, 5) is 8.65. The first-order chi connectivity index (χ1) is 11.2. The van der Waals surface area contributed by atoms with Gasteiger partial charge in [0.25, 0.3) is 5.89 Å². The summed E-state index contributed by atoms with van der Waals surface area (Å²) in [6, 6.07) is 9.50. The number of rotatable bonds is 4. The first kappa shape index (κ1) is 14.8. The van der Waals surface area contributed by atoms with Crippen molar-refractivity contribution in [2.75, 3.05) is 6.61 Å². The molecule has 5 heteroatoms. The summed E-state index contributed by atoms with van der Waals surface area (Å²) >= 11 is 0. The summed E-state index contributed by atoms with van der Waals surface area (Å²) in [7, 11) is 0. The zero-order valence-electron chi connectivity index (χ0n) is 12.9. The molecule has 0 saturated carbocycles. The highest BCUT2D eigenvalue weighted by molar-refractivity contribution is 5.61. The Kier molecular flexibility index (Phi) is 4.07. The molecule has 1 aromatic carbocycles. The van der Waals surface area contributed by atoms with Crippen molar-refractivity contribution in [2.45, 2.75) is 13.8 Å². The average molecular weight is 305 g/mol. The Bertz CT molecular complexity index is 861. The van der Waals surface area contributed by atoms with Gasteiger partial charge >= 0.3 is 0 Å². The van der Waals surface area contributed by atoms with Crippen LogP contribution in [0.3, 0.4) is 0 Å². The van der Waals surface area contributed by atoms with Gasteiger partial charge in [0.2, 0.25) is 5.82 Å². The minimum Gasteiger partial charge on any atom is -0.481 e. The molecule has 0 aliphatic heterocycles. The first-order valence-corrected chi connectivity index (χ1v) is 7.11. The summed E-state index contributed by atoms with van der Waals surface area (Å²) in [5, 5.41) is 4.01. The van der Waals surface area contributed by atoms with Crippen LogP contribution < -0.4 is 4.74 Å². The molecule has 0 unspecified atom stereocenters. The molecule has 0 saturated heterocycles. The van der Waals surface area contributed by atoms with Crippen LogP contribution in [0.1, 0.15) is 11.3 Å². The number of aromatic nitrogens is 3. The van der Waals surface area contributed by atoms with Crippen molar-refractivity contribution < 1.29 is 9.26 Å². The van der Waals surface area contributed by atoms with E-state index in [4.69, 9.17) is 15.7 Å². The molecule has 0 spiro atoms. The van der Waals surface area contributed by atoms with Crippen molar-refractivity contribution in [1.82, 2.24) is 15.1 Å². The number of nitrogens with zero attached hydrogens (tertiary/aromatic N) is 3. The molecular formula is C18H15N3O2. The molecule has 0 aliphatic rings. The van der Waals surface area contributed by atoms with Gasteiger partial charge in [-0.3, -0.25) is 4.98 Å². The number of ether oxygens (including phenoxy) is 1. The maximum atomic E-state index is 5.52. The second-order valence-electron chi connectivity index (χ2n) is 5.08. The van der Waals surface area contributed by atoms with E-state index in [1.165, 1.54) is 0 Å². The Labute approximate surface area is 134 Å². The highest BCUT2D eigenvalue weighted by atomic mass is 16.5. The zero-order chi connectivity index (χ0) is 16.2. The molecule has 114 valence electrons. The molecule has 0 fully saturated rings. The van der Waals surface area contributed by atoms with E-state index in [2.05, 4.69) is 21.0 Å². The predicted molar refractivity (Wildman–Crippen MR) is 86.8 cm³/mol. The molecule has 0 N–H and O–H groups in total. The van der Waals surface area contributed by atoms with Crippen LogP contribution in [0.15, 0.2) is 41.1 Å². The predicted octanol–water partition coefficient (Wildman–Crippen LogP) is 3.43. The van der Waals surface area contributed by atoms with E-state index in [1.54, 1.807) is 6.20 Å². The Hall–Kier alpha value is -3.13.